The van der Waals surface area contributed by atoms with Crippen molar-refractivity contribution >= 4 is 22.4 Å². The molecule has 2 heterocycles. The fraction of sp³-hybridized carbons (Fsp3) is 0.0625. The van der Waals surface area contributed by atoms with E-state index in [9.17, 15) is 0 Å². The molecule has 0 unspecified atom stereocenters. The summed E-state index contributed by atoms with van der Waals surface area (Å²) >= 11 is 0. The Labute approximate surface area is 121 Å². The van der Waals surface area contributed by atoms with Crippen molar-refractivity contribution in [1.29, 1.82) is 0 Å². The van der Waals surface area contributed by atoms with Gasteiger partial charge < -0.3 is 5.73 Å². The van der Waals surface area contributed by atoms with E-state index >= 15 is 0 Å². The number of hydrogen-bond acceptors (Lipinski definition) is 4. The Hall–Kier alpha value is -2.95. The van der Waals surface area contributed by atoms with Gasteiger partial charge in [0.15, 0.2) is 11.5 Å². The molecule has 2 aromatic heterocycles. The molecule has 5 heteroatoms. The third-order valence-corrected chi connectivity index (χ3v) is 3.57. The van der Waals surface area contributed by atoms with Gasteiger partial charge in [0.1, 0.15) is 0 Å². The minimum absolute atomic E-state index is 0.732. The van der Waals surface area contributed by atoms with Gasteiger partial charge in [0, 0.05) is 11.3 Å². The molecule has 2 N–H and O–H groups in total. The second kappa shape index (κ2) is 4.28. The van der Waals surface area contributed by atoms with Crippen molar-refractivity contribution in [2.24, 2.45) is 0 Å². The first-order chi connectivity index (χ1) is 10.2. The van der Waals surface area contributed by atoms with E-state index in [1.165, 1.54) is 0 Å². The van der Waals surface area contributed by atoms with Gasteiger partial charge in [0.05, 0.1) is 16.7 Å². The lowest BCUT2D eigenvalue weighted by atomic mass is 10.2. The number of anilines is 1. The predicted molar refractivity (Wildman–Crippen MR) is 82.9 cm³/mol. The zero-order valence-corrected chi connectivity index (χ0v) is 11.5. The number of nitrogens with two attached hydrogens (primary N) is 1. The van der Waals surface area contributed by atoms with Gasteiger partial charge in [-0.2, -0.15) is 0 Å². The van der Waals surface area contributed by atoms with Gasteiger partial charge in [-0.15, -0.1) is 10.2 Å². The van der Waals surface area contributed by atoms with E-state index in [4.69, 9.17) is 5.73 Å². The summed E-state index contributed by atoms with van der Waals surface area (Å²) in [6, 6.07) is 15.6. The molecule has 4 rings (SSSR count). The molecule has 5 nitrogen and oxygen atoms in total. The Morgan fingerprint density at radius 3 is 2.52 bits per heavy atom. The number of hydrogen-bond donors (Lipinski definition) is 1. The lowest BCUT2D eigenvalue weighted by Gasteiger charge is -2.06. The molecular formula is C16H13N5. The Balaban J connectivity index is 2.13. The van der Waals surface area contributed by atoms with Crippen molar-refractivity contribution in [1.82, 2.24) is 19.6 Å². The van der Waals surface area contributed by atoms with E-state index < -0.39 is 0 Å². The van der Waals surface area contributed by atoms with Gasteiger partial charge in [0.25, 0.3) is 0 Å². The van der Waals surface area contributed by atoms with E-state index in [1.54, 1.807) is 0 Å². The van der Waals surface area contributed by atoms with Crippen LogP contribution in [0.5, 0.6) is 0 Å². The van der Waals surface area contributed by atoms with E-state index in [0.717, 1.165) is 39.4 Å². The zero-order chi connectivity index (χ0) is 14.4. The van der Waals surface area contributed by atoms with Crippen LogP contribution in [0.2, 0.25) is 0 Å². The van der Waals surface area contributed by atoms with Crippen LogP contribution in [0.1, 0.15) is 5.69 Å². The first-order valence-corrected chi connectivity index (χ1v) is 6.70. The number of aromatic nitrogens is 4. The lowest BCUT2D eigenvalue weighted by molar-refractivity contribution is 1.11. The molecule has 0 bridgehead atoms. The fourth-order valence-corrected chi connectivity index (χ4v) is 2.54. The lowest BCUT2D eigenvalue weighted by Crippen LogP contribution is -1.97. The summed E-state index contributed by atoms with van der Waals surface area (Å²) in [5.74, 6) is 0.798. The maximum absolute atomic E-state index is 5.75. The molecule has 0 aliphatic rings. The number of rotatable bonds is 1. The number of nitrogens with zero attached hydrogens (tertiary/aromatic N) is 4. The third kappa shape index (κ3) is 1.74. The van der Waals surface area contributed by atoms with Crippen molar-refractivity contribution in [2.45, 2.75) is 6.92 Å². The van der Waals surface area contributed by atoms with Crippen LogP contribution in [0.4, 0.5) is 5.69 Å². The monoisotopic (exact) mass is 275 g/mol. The van der Waals surface area contributed by atoms with Crippen molar-refractivity contribution in [3.05, 3.63) is 54.2 Å². The Morgan fingerprint density at radius 2 is 1.71 bits per heavy atom. The van der Waals surface area contributed by atoms with Gasteiger partial charge in [0.2, 0.25) is 0 Å². The highest BCUT2D eigenvalue weighted by atomic mass is 15.3. The summed E-state index contributed by atoms with van der Waals surface area (Å²) in [4.78, 5) is 4.58. The Kier molecular flexibility index (Phi) is 2.41. The molecule has 0 spiro atoms. The van der Waals surface area contributed by atoms with Crippen LogP contribution < -0.4 is 5.73 Å². The highest BCUT2D eigenvalue weighted by Crippen LogP contribution is 2.24. The molecule has 0 saturated heterocycles. The summed E-state index contributed by atoms with van der Waals surface area (Å²) in [7, 11) is 0. The largest absolute Gasteiger partial charge is 0.399 e. The average Bonchev–Trinajstić information content (AvgIpc) is 2.94. The molecule has 0 saturated carbocycles. The standard InChI is InChI=1S/C16H13N5/c1-10-15-19-20-16(11-6-8-12(17)9-7-11)21(15)14-5-3-2-4-13(14)18-10/h2-9H,17H2,1H3. The number of para-hydroxylation sites is 2. The molecule has 0 fully saturated rings. The smallest absolute Gasteiger partial charge is 0.183 e. The van der Waals surface area contributed by atoms with E-state index in [0.29, 0.717) is 0 Å². The summed E-state index contributed by atoms with van der Waals surface area (Å²) in [6.07, 6.45) is 0. The molecule has 21 heavy (non-hydrogen) atoms. The highest BCUT2D eigenvalue weighted by molar-refractivity contribution is 5.81. The minimum atomic E-state index is 0.732. The van der Waals surface area contributed by atoms with E-state index in [2.05, 4.69) is 15.2 Å². The molecule has 2 aromatic carbocycles. The quantitative estimate of drug-likeness (QED) is 0.542. The Morgan fingerprint density at radius 1 is 0.952 bits per heavy atom. The molecule has 0 atom stereocenters. The molecule has 102 valence electrons. The predicted octanol–water partition coefficient (Wildman–Crippen LogP) is 2.84. The van der Waals surface area contributed by atoms with Crippen LogP contribution in [0.3, 0.4) is 0 Å². The second-order valence-corrected chi connectivity index (χ2v) is 4.99. The van der Waals surface area contributed by atoms with Crippen LogP contribution in [-0.4, -0.2) is 19.6 Å². The number of fused-ring (bicyclic) bond motifs is 3. The number of nitrogen functional groups attached to an aromatic ring is 1. The minimum Gasteiger partial charge on any atom is -0.399 e. The van der Waals surface area contributed by atoms with Crippen molar-refractivity contribution in [2.75, 3.05) is 5.73 Å². The SMILES string of the molecule is Cc1nc2ccccc2n2c(-c3ccc(N)cc3)nnc12. The van der Waals surface area contributed by atoms with Crippen molar-refractivity contribution in [3.8, 4) is 11.4 Å². The first kappa shape index (κ1) is 11.8. The summed E-state index contributed by atoms with van der Waals surface area (Å²) in [5, 5.41) is 8.62. The number of aryl methyl sites for hydroxylation is 1. The molecule has 4 aromatic rings. The third-order valence-electron chi connectivity index (χ3n) is 3.57. The zero-order valence-electron chi connectivity index (χ0n) is 11.5. The summed E-state index contributed by atoms with van der Waals surface area (Å²) in [6.45, 7) is 1.95. The van der Waals surface area contributed by atoms with Crippen LogP contribution in [0.15, 0.2) is 48.5 Å². The molecular weight excluding hydrogens is 262 g/mol. The van der Waals surface area contributed by atoms with Crippen molar-refractivity contribution in [3.63, 3.8) is 0 Å². The summed E-state index contributed by atoms with van der Waals surface area (Å²) in [5.41, 5.74) is 11.0. The van der Waals surface area contributed by atoms with Gasteiger partial charge >= 0.3 is 0 Å². The van der Waals surface area contributed by atoms with Gasteiger partial charge in [-0.1, -0.05) is 12.1 Å². The Bertz CT molecular complexity index is 954. The van der Waals surface area contributed by atoms with E-state index in [-0.39, 0.29) is 0 Å². The first-order valence-electron chi connectivity index (χ1n) is 6.70. The van der Waals surface area contributed by atoms with Crippen LogP contribution >= 0.6 is 0 Å². The average molecular weight is 275 g/mol. The normalized spacial score (nSPS) is 11.3. The topological polar surface area (TPSA) is 69.1 Å². The van der Waals surface area contributed by atoms with Crippen LogP contribution in [0, 0.1) is 6.92 Å². The molecule has 0 aliphatic carbocycles. The second-order valence-electron chi connectivity index (χ2n) is 4.99. The summed E-state index contributed by atoms with van der Waals surface area (Å²) < 4.78 is 2.04. The van der Waals surface area contributed by atoms with Crippen molar-refractivity contribution < 1.29 is 0 Å². The van der Waals surface area contributed by atoms with E-state index in [1.807, 2.05) is 59.9 Å². The van der Waals surface area contributed by atoms with Crippen LogP contribution in [0.25, 0.3) is 28.1 Å². The maximum atomic E-state index is 5.75. The van der Waals surface area contributed by atoms with Crippen LogP contribution in [-0.2, 0) is 0 Å². The molecule has 0 amide bonds. The maximum Gasteiger partial charge on any atom is 0.183 e. The number of benzene rings is 2. The molecule has 0 aliphatic heterocycles. The van der Waals surface area contributed by atoms with Gasteiger partial charge in [-0.25, -0.2) is 4.98 Å². The fourth-order valence-electron chi connectivity index (χ4n) is 2.54. The highest BCUT2D eigenvalue weighted by Gasteiger charge is 2.13. The molecule has 0 radical (unpaired) electrons. The van der Waals surface area contributed by atoms with Gasteiger partial charge in [-0.05, 0) is 43.3 Å². The van der Waals surface area contributed by atoms with Gasteiger partial charge in [-0.3, -0.25) is 4.40 Å².